The van der Waals surface area contributed by atoms with E-state index in [2.05, 4.69) is 0 Å². The Hall–Kier alpha value is -2.71. The van der Waals surface area contributed by atoms with Crippen LogP contribution in [-0.4, -0.2) is 34.5 Å². The van der Waals surface area contributed by atoms with Crippen molar-refractivity contribution in [3.8, 4) is 0 Å². The van der Waals surface area contributed by atoms with E-state index in [9.17, 15) is 24.1 Å². The molecule has 0 bridgehead atoms. The fraction of sp³-hybridized carbons (Fsp3) is 0.333. The Morgan fingerprint density at radius 1 is 1.48 bits per heavy atom. The highest BCUT2D eigenvalue weighted by atomic mass is 19.1. The highest BCUT2D eigenvalue weighted by Gasteiger charge is 2.27. The number of rotatable bonds is 6. The number of nitro groups is 1. The Labute approximate surface area is 119 Å². The maximum Gasteiger partial charge on any atom is 0.338 e. The molecule has 1 rings (SSSR count). The Balaban J connectivity index is 3.52. The van der Waals surface area contributed by atoms with Gasteiger partial charge < -0.3 is 15.7 Å². The van der Waals surface area contributed by atoms with Gasteiger partial charge in [0.25, 0.3) is 5.69 Å². The van der Waals surface area contributed by atoms with E-state index in [-0.39, 0.29) is 18.3 Å². The summed E-state index contributed by atoms with van der Waals surface area (Å²) in [5.74, 6) is -3.49. The van der Waals surface area contributed by atoms with Crippen molar-refractivity contribution in [3.05, 3.63) is 33.6 Å². The zero-order valence-electron chi connectivity index (χ0n) is 11.4. The number of nitrogens with zero attached hydrogens (tertiary/aromatic N) is 2. The molecule has 1 aromatic rings. The minimum Gasteiger partial charge on any atom is -0.478 e. The number of hydrogen-bond donors (Lipinski definition) is 2. The average Bonchev–Trinajstić information content (AvgIpc) is 2.34. The number of carbonyl (C=O) groups excluding carboxylic acids is 1. The number of halogens is 1. The summed E-state index contributed by atoms with van der Waals surface area (Å²) in [6.45, 7) is 2.91. The topological polar surface area (TPSA) is 127 Å². The van der Waals surface area contributed by atoms with Gasteiger partial charge in [-0.05, 0) is 13.8 Å². The zero-order valence-corrected chi connectivity index (χ0v) is 11.4. The third kappa shape index (κ3) is 3.65. The summed E-state index contributed by atoms with van der Waals surface area (Å²) >= 11 is 0. The number of amides is 1. The van der Waals surface area contributed by atoms with Crippen LogP contribution >= 0.6 is 0 Å². The SMILES string of the molecule is CC(C)N(CC(N)=O)c1cc(F)c(C(=O)O)cc1[N+](=O)[O-]. The first-order valence-corrected chi connectivity index (χ1v) is 5.91. The predicted octanol–water partition coefficient (Wildman–Crippen LogP) is 1.13. The minimum absolute atomic E-state index is 0.198. The van der Waals surface area contributed by atoms with Crippen molar-refractivity contribution in [1.29, 1.82) is 0 Å². The molecule has 8 nitrogen and oxygen atoms in total. The van der Waals surface area contributed by atoms with Crippen molar-refractivity contribution in [2.75, 3.05) is 11.4 Å². The Morgan fingerprint density at radius 3 is 2.43 bits per heavy atom. The number of nitro benzene ring substituents is 1. The van der Waals surface area contributed by atoms with Crippen LogP contribution in [0, 0.1) is 15.9 Å². The second-order valence-electron chi connectivity index (χ2n) is 4.57. The Bertz CT molecular complexity index is 603. The molecule has 0 aliphatic carbocycles. The second-order valence-corrected chi connectivity index (χ2v) is 4.57. The Morgan fingerprint density at radius 2 is 2.05 bits per heavy atom. The molecular weight excluding hydrogens is 285 g/mol. The fourth-order valence-corrected chi connectivity index (χ4v) is 1.81. The van der Waals surface area contributed by atoms with E-state index in [1.807, 2.05) is 0 Å². The van der Waals surface area contributed by atoms with Crippen LogP contribution in [0.15, 0.2) is 12.1 Å². The van der Waals surface area contributed by atoms with Gasteiger partial charge in [-0.15, -0.1) is 0 Å². The number of nitrogens with two attached hydrogens (primary N) is 1. The first kappa shape index (κ1) is 16.3. The maximum atomic E-state index is 13.8. The molecule has 1 amide bonds. The van der Waals surface area contributed by atoms with Crippen LogP contribution in [0.25, 0.3) is 0 Å². The van der Waals surface area contributed by atoms with Gasteiger partial charge >= 0.3 is 5.97 Å². The van der Waals surface area contributed by atoms with Gasteiger partial charge in [-0.3, -0.25) is 14.9 Å². The maximum absolute atomic E-state index is 13.8. The van der Waals surface area contributed by atoms with E-state index < -0.39 is 33.9 Å². The van der Waals surface area contributed by atoms with E-state index in [0.29, 0.717) is 6.07 Å². The molecule has 0 aliphatic heterocycles. The van der Waals surface area contributed by atoms with Crippen molar-refractivity contribution in [3.63, 3.8) is 0 Å². The van der Waals surface area contributed by atoms with E-state index in [1.54, 1.807) is 13.8 Å². The van der Waals surface area contributed by atoms with Crippen molar-refractivity contribution < 1.29 is 24.0 Å². The third-order valence-corrected chi connectivity index (χ3v) is 2.75. The van der Waals surface area contributed by atoms with Crippen LogP contribution < -0.4 is 10.6 Å². The summed E-state index contributed by atoms with van der Waals surface area (Å²) in [4.78, 5) is 33.4. The molecule has 3 N–H and O–H groups in total. The van der Waals surface area contributed by atoms with Crippen LogP contribution in [-0.2, 0) is 4.79 Å². The predicted molar refractivity (Wildman–Crippen MR) is 71.7 cm³/mol. The monoisotopic (exact) mass is 299 g/mol. The lowest BCUT2D eigenvalue weighted by Gasteiger charge is -2.27. The summed E-state index contributed by atoms with van der Waals surface area (Å²) in [5, 5.41) is 19.9. The standard InChI is InChI=1S/C12H14FN3O5/c1-6(2)15(5-11(14)17)9-4-8(13)7(12(18)19)3-10(9)16(20)21/h3-4,6H,5H2,1-2H3,(H2,14,17)(H,18,19). The average molecular weight is 299 g/mol. The summed E-state index contributed by atoms with van der Waals surface area (Å²) in [7, 11) is 0. The molecule has 0 fully saturated rings. The molecule has 9 heteroatoms. The molecular formula is C12H14FN3O5. The summed E-state index contributed by atoms with van der Waals surface area (Å²) in [6.07, 6.45) is 0. The number of carbonyl (C=O) groups is 2. The smallest absolute Gasteiger partial charge is 0.338 e. The second kappa shape index (κ2) is 6.16. The van der Waals surface area contributed by atoms with Gasteiger partial charge in [-0.2, -0.15) is 0 Å². The van der Waals surface area contributed by atoms with Crippen molar-refractivity contribution in [2.24, 2.45) is 5.73 Å². The number of benzene rings is 1. The summed E-state index contributed by atoms with van der Waals surface area (Å²) < 4.78 is 13.8. The summed E-state index contributed by atoms with van der Waals surface area (Å²) in [5.41, 5.74) is 3.46. The third-order valence-electron chi connectivity index (χ3n) is 2.75. The number of aromatic carboxylic acids is 1. The molecule has 0 saturated heterocycles. The van der Waals surface area contributed by atoms with Gasteiger partial charge in [-0.1, -0.05) is 0 Å². The molecule has 0 saturated carbocycles. The fourth-order valence-electron chi connectivity index (χ4n) is 1.81. The number of carboxylic acid groups (broad SMARTS) is 1. The molecule has 1 aromatic carbocycles. The van der Waals surface area contributed by atoms with E-state index in [4.69, 9.17) is 10.8 Å². The molecule has 0 unspecified atom stereocenters. The molecule has 0 heterocycles. The zero-order chi connectivity index (χ0) is 16.3. The molecule has 0 spiro atoms. The highest BCUT2D eigenvalue weighted by molar-refractivity contribution is 5.90. The van der Waals surface area contributed by atoms with Gasteiger partial charge in [0.2, 0.25) is 5.91 Å². The first-order valence-electron chi connectivity index (χ1n) is 5.91. The normalized spacial score (nSPS) is 10.5. The molecule has 0 aromatic heterocycles. The molecule has 21 heavy (non-hydrogen) atoms. The van der Waals surface area contributed by atoms with E-state index in [0.717, 1.165) is 6.07 Å². The molecule has 0 atom stereocenters. The van der Waals surface area contributed by atoms with Gasteiger partial charge in [0, 0.05) is 18.2 Å². The lowest BCUT2D eigenvalue weighted by Crippen LogP contribution is -2.39. The van der Waals surface area contributed by atoms with Crippen LogP contribution in [0.2, 0.25) is 0 Å². The van der Waals surface area contributed by atoms with Crippen LogP contribution in [0.4, 0.5) is 15.8 Å². The number of anilines is 1. The number of carboxylic acids is 1. The van der Waals surface area contributed by atoms with Gasteiger partial charge in [-0.25, -0.2) is 9.18 Å². The summed E-state index contributed by atoms with van der Waals surface area (Å²) in [6, 6.07) is 0.972. The Kier molecular flexibility index (Phi) is 4.79. The lowest BCUT2D eigenvalue weighted by molar-refractivity contribution is -0.384. The molecule has 114 valence electrons. The number of hydrogen-bond acceptors (Lipinski definition) is 5. The van der Waals surface area contributed by atoms with Gasteiger partial charge in [0.1, 0.15) is 17.1 Å². The quantitative estimate of drug-likeness (QED) is 0.599. The van der Waals surface area contributed by atoms with Crippen LogP contribution in [0.5, 0.6) is 0 Å². The van der Waals surface area contributed by atoms with Crippen molar-refractivity contribution in [2.45, 2.75) is 19.9 Å². The first-order chi connectivity index (χ1) is 9.65. The van der Waals surface area contributed by atoms with Crippen molar-refractivity contribution >= 4 is 23.3 Å². The van der Waals surface area contributed by atoms with Crippen molar-refractivity contribution in [1.82, 2.24) is 0 Å². The van der Waals surface area contributed by atoms with Crippen LogP contribution in [0.3, 0.4) is 0 Å². The lowest BCUT2D eigenvalue weighted by atomic mass is 10.1. The van der Waals surface area contributed by atoms with E-state index >= 15 is 0 Å². The molecule has 0 aliphatic rings. The van der Waals surface area contributed by atoms with Crippen LogP contribution in [0.1, 0.15) is 24.2 Å². The number of primary amides is 1. The minimum atomic E-state index is -1.62. The van der Waals surface area contributed by atoms with E-state index in [1.165, 1.54) is 4.90 Å². The largest absolute Gasteiger partial charge is 0.478 e. The molecule has 0 radical (unpaired) electrons. The highest BCUT2D eigenvalue weighted by Crippen LogP contribution is 2.32. The van der Waals surface area contributed by atoms with Gasteiger partial charge in [0.15, 0.2) is 0 Å². The van der Waals surface area contributed by atoms with Gasteiger partial charge in [0.05, 0.1) is 11.5 Å².